The first kappa shape index (κ1) is 18.5. The molecule has 0 radical (unpaired) electrons. The van der Waals surface area contributed by atoms with Gasteiger partial charge >= 0.3 is 6.36 Å². The van der Waals surface area contributed by atoms with Crippen molar-refractivity contribution in [3.8, 4) is 5.75 Å². The summed E-state index contributed by atoms with van der Waals surface area (Å²) in [7, 11) is 0. The van der Waals surface area contributed by atoms with Gasteiger partial charge in [0.05, 0.1) is 5.57 Å². The summed E-state index contributed by atoms with van der Waals surface area (Å²) >= 11 is 0. The Labute approximate surface area is 153 Å². The van der Waals surface area contributed by atoms with E-state index in [2.05, 4.69) is 10.1 Å². The van der Waals surface area contributed by atoms with E-state index in [1.54, 1.807) is 37.3 Å². The van der Waals surface area contributed by atoms with Crippen molar-refractivity contribution in [3.05, 3.63) is 65.9 Å². The second kappa shape index (κ2) is 7.14. The van der Waals surface area contributed by atoms with Crippen LogP contribution >= 0.6 is 0 Å². The molecular formula is C19H15F3N2O3. The highest BCUT2D eigenvalue weighted by molar-refractivity contribution is 6.36. The van der Waals surface area contributed by atoms with E-state index in [4.69, 9.17) is 0 Å². The number of likely N-dealkylation sites (N-methyl/N-ethyl adjacent to an activating group) is 1. The molecule has 1 aliphatic heterocycles. The minimum atomic E-state index is -4.78. The first-order valence-electron chi connectivity index (χ1n) is 8.09. The van der Waals surface area contributed by atoms with E-state index in [9.17, 15) is 22.8 Å². The van der Waals surface area contributed by atoms with Crippen LogP contribution in [0.5, 0.6) is 5.75 Å². The van der Waals surface area contributed by atoms with Gasteiger partial charge in [-0.15, -0.1) is 13.2 Å². The molecule has 1 heterocycles. The fourth-order valence-electron chi connectivity index (χ4n) is 2.74. The predicted molar refractivity (Wildman–Crippen MR) is 92.5 cm³/mol. The number of hydrogen-bond acceptors (Lipinski definition) is 4. The lowest BCUT2D eigenvalue weighted by Crippen LogP contribution is -2.32. The summed E-state index contributed by atoms with van der Waals surface area (Å²) in [5, 5.41) is 2.85. The second-order valence-corrected chi connectivity index (χ2v) is 5.67. The predicted octanol–water partition coefficient (Wildman–Crippen LogP) is 3.80. The number of nitrogens with one attached hydrogen (secondary N) is 1. The Morgan fingerprint density at radius 1 is 0.963 bits per heavy atom. The van der Waals surface area contributed by atoms with Crippen molar-refractivity contribution in [1.82, 2.24) is 4.90 Å². The number of amides is 2. The molecule has 8 heteroatoms. The number of nitrogens with zero attached hydrogens (tertiary/aromatic N) is 1. The van der Waals surface area contributed by atoms with E-state index in [0.29, 0.717) is 11.3 Å². The fraction of sp³-hybridized carbons (Fsp3) is 0.158. The molecule has 0 unspecified atom stereocenters. The first-order valence-corrected chi connectivity index (χ1v) is 8.09. The standard InChI is InChI=1S/C19H15F3N2O3/c1-2-24-17(25)15(12-6-4-3-5-7-12)16(18(24)26)23-13-8-10-14(11-9-13)27-19(20,21)22/h3-11,23H,2H2,1H3. The largest absolute Gasteiger partial charge is 0.573 e. The number of alkyl halides is 3. The topological polar surface area (TPSA) is 58.6 Å². The van der Waals surface area contributed by atoms with Gasteiger partial charge in [0.15, 0.2) is 0 Å². The summed E-state index contributed by atoms with van der Waals surface area (Å²) in [6.07, 6.45) is -4.78. The molecule has 27 heavy (non-hydrogen) atoms. The highest BCUT2D eigenvalue weighted by Crippen LogP contribution is 2.31. The molecule has 3 rings (SSSR count). The van der Waals surface area contributed by atoms with Crippen LogP contribution in [0.25, 0.3) is 5.57 Å². The molecule has 0 aliphatic carbocycles. The molecule has 2 aromatic rings. The molecule has 1 N–H and O–H groups in total. The number of hydrogen-bond donors (Lipinski definition) is 1. The number of benzene rings is 2. The number of imide groups is 1. The van der Waals surface area contributed by atoms with Gasteiger partial charge in [0.1, 0.15) is 11.4 Å². The van der Waals surface area contributed by atoms with Gasteiger partial charge in [-0.3, -0.25) is 14.5 Å². The number of carbonyl (C=O) groups is 2. The van der Waals surface area contributed by atoms with E-state index in [-0.39, 0.29) is 23.6 Å². The van der Waals surface area contributed by atoms with Crippen LogP contribution in [-0.4, -0.2) is 29.6 Å². The van der Waals surface area contributed by atoms with E-state index in [0.717, 1.165) is 17.0 Å². The van der Waals surface area contributed by atoms with Crippen LogP contribution in [0.2, 0.25) is 0 Å². The Bertz CT molecular complexity index is 891. The van der Waals surface area contributed by atoms with E-state index in [1.165, 1.54) is 12.1 Å². The highest BCUT2D eigenvalue weighted by Gasteiger charge is 2.38. The molecule has 2 aromatic carbocycles. The molecule has 0 saturated heterocycles. The van der Waals surface area contributed by atoms with Crippen molar-refractivity contribution in [2.45, 2.75) is 13.3 Å². The Hall–Kier alpha value is -3.29. The second-order valence-electron chi connectivity index (χ2n) is 5.67. The number of halogens is 3. The number of rotatable bonds is 5. The van der Waals surface area contributed by atoms with Crippen LogP contribution in [0.1, 0.15) is 12.5 Å². The third-order valence-electron chi connectivity index (χ3n) is 3.90. The molecular weight excluding hydrogens is 361 g/mol. The van der Waals surface area contributed by atoms with Crippen LogP contribution in [0.15, 0.2) is 60.3 Å². The average Bonchev–Trinajstić information content (AvgIpc) is 2.86. The van der Waals surface area contributed by atoms with Crippen LogP contribution in [0.3, 0.4) is 0 Å². The zero-order valence-corrected chi connectivity index (χ0v) is 14.2. The van der Waals surface area contributed by atoms with Crippen molar-refractivity contribution in [1.29, 1.82) is 0 Å². The van der Waals surface area contributed by atoms with Crippen molar-refractivity contribution < 1.29 is 27.5 Å². The lowest BCUT2D eigenvalue weighted by atomic mass is 10.0. The van der Waals surface area contributed by atoms with Gasteiger partial charge in [0.2, 0.25) is 0 Å². The third kappa shape index (κ3) is 3.94. The van der Waals surface area contributed by atoms with Crippen molar-refractivity contribution in [2.24, 2.45) is 0 Å². The van der Waals surface area contributed by atoms with E-state index in [1.807, 2.05) is 0 Å². The maximum atomic E-state index is 12.6. The normalized spacial score (nSPS) is 14.7. The minimum absolute atomic E-state index is 0.0811. The fourth-order valence-corrected chi connectivity index (χ4v) is 2.74. The third-order valence-corrected chi connectivity index (χ3v) is 3.90. The molecule has 0 saturated carbocycles. The zero-order chi connectivity index (χ0) is 19.6. The maximum Gasteiger partial charge on any atom is 0.573 e. The lowest BCUT2D eigenvalue weighted by molar-refractivity contribution is -0.274. The van der Waals surface area contributed by atoms with Gasteiger partial charge in [-0.25, -0.2) is 0 Å². The van der Waals surface area contributed by atoms with Gasteiger partial charge in [0.25, 0.3) is 11.8 Å². The molecule has 5 nitrogen and oxygen atoms in total. The Kier molecular flexibility index (Phi) is 4.89. The van der Waals surface area contributed by atoms with Crippen molar-refractivity contribution in [2.75, 3.05) is 11.9 Å². The molecule has 0 bridgehead atoms. The Morgan fingerprint density at radius 2 is 1.59 bits per heavy atom. The summed E-state index contributed by atoms with van der Waals surface area (Å²) in [5.41, 5.74) is 1.23. The molecule has 0 fully saturated rings. The summed E-state index contributed by atoms with van der Waals surface area (Å²) in [4.78, 5) is 26.3. The number of ether oxygens (including phenoxy) is 1. The molecule has 140 valence electrons. The SMILES string of the molecule is CCN1C(=O)C(Nc2ccc(OC(F)(F)F)cc2)=C(c2ccccc2)C1=O. The number of carbonyl (C=O) groups excluding carboxylic acids is 2. The van der Waals surface area contributed by atoms with E-state index >= 15 is 0 Å². The van der Waals surface area contributed by atoms with Crippen molar-refractivity contribution >= 4 is 23.1 Å². The summed E-state index contributed by atoms with van der Waals surface area (Å²) < 4.78 is 40.6. The van der Waals surface area contributed by atoms with Crippen LogP contribution in [0, 0.1) is 0 Å². The molecule has 1 aliphatic rings. The highest BCUT2D eigenvalue weighted by atomic mass is 19.4. The van der Waals surface area contributed by atoms with Gasteiger partial charge in [0, 0.05) is 12.2 Å². The zero-order valence-electron chi connectivity index (χ0n) is 14.2. The van der Waals surface area contributed by atoms with Gasteiger partial charge in [-0.05, 0) is 36.8 Å². The van der Waals surface area contributed by atoms with Crippen LogP contribution in [-0.2, 0) is 9.59 Å². The van der Waals surface area contributed by atoms with Crippen LogP contribution in [0.4, 0.5) is 18.9 Å². The van der Waals surface area contributed by atoms with Crippen molar-refractivity contribution in [3.63, 3.8) is 0 Å². The van der Waals surface area contributed by atoms with Gasteiger partial charge in [-0.1, -0.05) is 30.3 Å². The molecule has 0 atom stereocenters. The minimum Gasteiger partial charge on any atom is -0.406 e. The van der Waals surface area contributed by atoms with Gasteiger partial charge < -0.3 is 10.1 Å². The Balaban J connectivity index is 1.93. The molecule has 2 amide bonds. The molecule has 0 spiro atoms. The maximum absolute atomic E-state index is 12.6. The summed E-state index contributed by atoms with van der Waals surface area (Å²) in [5.74, 6) is -1.29. The smallest absolute Gasteiger partial charge is 0.406 e. The Morgan fingerprint density at radius 3 is 2.15 bits per heavy atom. The summed E-state index contributed by atoms with van der Waals surface area (Å²) in [6.45, 7) is 1.89. The first-order chi connectivity index (χ1) is 12.8. The monoisotopic (exact) mass is 376 g/mol. The lowest BCUT2D eigenvalue weighted by Gasteiger charge is -2.12. The quantitative estimate of drug-likeness (QED) is 0.807. The summed E-state index contributed by atoms with van der Waals surface area (Å²) in [6, 6.07) is 13.6. The van der Waals surface area contributed by atoms with Crippen LogP contribution < -0.4 is 10.1 Å². The molecule has 0 aromatic heterocycles. The average molecular weight is 376 g/mol. The number of anilines is 1. The van der Waals surface area contributed by atoms with Gasteiger partial charge in [-0.2, -0.15) is 0 Å². The van der Waals surface area contributed by atoms with E-state index < -0.39 is 18.2 Å².